The summed E-state index contributed by atoms with van der Waals surface area (Å²) in [6, 6.07) is 13.9. The smallest absolute Gasteiger partial charge is 0.326 e. The first-order valence-corrected chi connectivity index (χ1v) is 9.39. The van der Waals surface area contributed by atoms with E-state index in [1.54, 1.807) is 0 Å². The van der Waals surface area contributed by atoms with Crippen LogP contribution in [0.25, 0.3) is 22.2 Å². The number of fused-ring (bicyclic) bond motifs is 5. The highest BCUT2D eigenvalue weighted by Crippen LogP contribution is 2.41. The van der Waals surface area contributed by atoms with Crippen molar-refractivity contribution in [2.45, 2.75) is 32.8 Å². The SMILES string of the molecule is [B]c1ccc2[nH]c3c(c2c1)CC(=C)N(CC(=O)OC(C)(C)C)c1ccccc1-3. The number of esters is 1. The van der Waals surface area contributed by atoms with Crippen molar-refractivity contribution in [1.29, 1.82) is 0 Å². The second-order valence-corrected chi connectivity index (χ2v) is 8.22. The highest BCUT2D eigenvalue weighted by molar-refractivity contribution is 6.33. The number of carbonyl (C=O) groups is 1. The lowest BCUT2D eigenvalue weighted by molar-refractivity contribution is -0.152. The summed E-state index contributed by atoms with van der Waals surface area (Å²) in [6.07, 6.45) is 0.621. The van der Waals surface area contributed by atoms with Crippen LogP contribution in [0.4, 0.5) is 5.69 Å². The van der Waals surface area contributed by atoms with Crippen LogP contribution in [-0.2, 0) is 16.0 Å². The van der Waals surface area contributed by atoms with Crippen LogP contribution in [0.1, 0.15) is 26.3 Å². The number of carbonyl (C=O) groups excluding carboxylic acids is 1. The van der Waals surface area contributed by atoms with Crippen LogP contribution in [0.5, 0.6) is 0 Å². The number of anilines is 1. The van der Waals surface area contributed by atoms with Crippen molar-refractivity contribution in [2.75, 3.05) is 11.4 Å². The molecule has 1 aliphatic rings. The fraction of sp³-hybridized carbons (Fsp3) is 0.261. The lowest BCUT2D eigenvalue weighted by Gasteiger charge is -2.28. The van der Waals surface area contributed by atoms with Crippen molar-refractivity contribution >= 4 is 35.9 Å². The maximum atomic E-state index is 12.5. The molecular formula is C23H23BN2O2. The molecule has 0 fully saturated rings. The van der Waals surface area contributed by atoms with Crippen LogP contribution in [-0.4, -0.2) is 30.9 Å². The van der Waals surface area contributed by atoms with Gasteiger partial charge in [-0.05, 0) is 38.5 Å². The molecule has 4 rings (SSSR count). The van der Waals surface area contributed by atoms with Crippen LogP contribution in [0.2, 0.25) is 0 Å². The van der Waals surface area contributed by atoms with Gasteiger partial charge < -0.3 is 14.6 Å². The predicted molar refractivity (Wildman–Crippen MR) is 115 cm³/mol. The molecule has 0 spiro atoms. The second kappa shape index (κ2) is 6.59. The molecule has 5 heteroatoms. The summed E-state index contributed by atoms with van der Waals surface area (Å²) in [5, 5.41) is 1.09. The number of nitrogens with zero attached hydrogens (tertiary/aromatic N) is 1. The van der Waals surface area contributed by atoms with Crippen molar-refractivity contribution in [3.63, 3.8) is 0 Å². The number of rotatable bonds is 2. The molecule has 3 aromatic rings. The molecule has 2 heterocycles. The Morgan fingerprint density at radius 3 is 2.75 bits per heavy atom. The molecule has 28 heavy (non-hydrogen) atoms. The number of nitrogens with one attached hydrogen (secondary N) is 1. The average molecular weight is 370 g/mol. The summed E-state index contributed by atoms with van der Waals surface area (Å²) >= 11 is 0. The zero-order valence-corrected chi connectivity index (χ0v) is 16.5. The van der Waals surface area contributed by atoms with Gasteiger partial charge >= 0.3 is 5.97 Å². The van der Waals surface area contributed by atoms with E-state index in [0.717, 1.165) is 44.6 Å². The van der Waals surface area contributed by atoms with Crippen LogP contribution in [0, 0.1) is 0 Å². The molecule has 1 aliphatic heterocycles. The maximum absolute atomic E-state index is 12.5. The number of aromatic amines is 1. The zero-order valence-electron chi connectivity index (χ0n) is 16.5. The Hall–Kier alpha value is -2.95. The van der Waals surface area contributed by atoms with Gasteiger partial charge in [-0.15, -0.1) is 0 Å². The first-order valence-electron chi connectivity index (χ1n) is 9.39. The molecule has 4 nitrogen and oxygen atoms in total. The fourth-order valence-corrected chi connectivity index (χ4v) is 3.77. The molecule has 0 atom stereocenters. The summed E-state index contributed by atoms with van der Waals surface area (Å²) in [7, 11) is 6.03. The molecule has 1 N–H and O–H groups in total. The van der Waals surface area contributed by atoms with E-state index >= 15 is 0 Å². The Bertz CT molecular complexity index is 1090. The quantitative estimate of drug-likeness (QED) is 0.551. The van der Waals surface area contributed by atoms with Gasteiger partial charge in [0, 0.05) is 28.6 Å². The monoisotopic (exact) mass is 370 g/mol. The minimum atomic E-state index is -0.526. The fourth-order valence-electron chi connectivity index (χ4n) is 3.77. The molecule has 140 valence electrons. The van der Waals surface area contributed by atoms with E-state index in [9.17, 15) is 4.79 Å². The average Bonchev–Trinajstić information content (AvgIpc) is 2.90. The van der Waals surface area contributed by atoms with Gasteiger partial charge in [0.1, 0.15) is 20.0 Å². The van der Waals surface area contributed by atoms with Crippen molar-refractivity contribution < 1.29 is 9.53 Å². The van der Waals surface area contributed by atoms with E-state index in [1.807, 2.05) is 62.1 Å². The van der Waals surface area contributed by atoms with Gasteiger partial charge in [-0.3, -0.25) is 4.79 Å². The van der Waals surface area contributed by atoms with Crippen LogP contribution >= 0.6 is 0 Å². The first-order chi connectivity index (χ1) is 13.2. The highest BCUT2D eigenvalue weighted by Gasteiger charge is 2.28. The molecule has 0 bridgehead atoms. The summed E-state index contributed by atoms with van der Waals surface area (Å²) in [5.41, 5.74) is 6.26. The van der Waals surface area contributed by atoms with Gasteiger partial charge in [-0.25, -0.2) is 0 Å². The van der Waals surface area contributed by atoms with Crippen molar-refractivity contribution in [1.82, 2.24) is 4.98 Å². The number of benzene rings is 2. The summed E-state index contributed by atoms with van der Waals surface area (Å²) < 4.78 is 5.54. The topological polar surface area (TPSA) is 45.3 Å². The van der Waals surface area contributed by atoms with Crippen molar-refractivity contribution in [3.05, 3.63) is 60.3 Å². The van der Waals surface area contributed by atoms with Gasteiger partial charge in [0.05, 0.1) is 11.4 Å². The number of hydrogen-bond donors (Lipinski definition) is 1. The summed E-state index contributed by atoms with van der Waals surface area (Å²) in [6.45, 7) is 10.0. The Morgan fingerprint density at radius 2 is 2.00 bits per heavy atom. The number of aromatic nitrogens is 1. The van der Waals surface area contributed by atoms with Crippen LogP contribution < -0.4 is 10.4 Å². The number of allylic oxidation sites excluding steroid dienone is 1. The molecule has 0 saturated heterocycles. The van der Waals surface area contributed by atoms with E-state index < -0.39 is 5.60 Å². The number of H-pyrrole nitrogens is 1. The third kappa shape index (κ3) is 3.33. The Balaban J connectivity index is 1.82. The maximum Gasteiger partial charge on any atom is 0.326 e. The predicted octanol–water partition coefficient (Wildman–Crippen LogP) is 3.85. The van der Waals surface area contributed by atoms with Gasteiger partial charge in [0.15, 0.2) is 0 Å². The Morgan fingerprint density at radius 1 is 1.25 bits per heavy atom. The molecule has 0 amide bonds. The van der Waals surface area contributed by atoms with Gasteiger partial charge in [-0.1, -0.05) is 42.4 Å². The van der Waals surface area contributed by atoms with E-state index in [-0.39, 0.29) is 12.5 Å². The van der Waals surface area contributed by atoms with Gasteiger partial charge in [-0.2, -0.15) is 0 Å². The Kier molecular flexibility index (Phi) is 4.33. The molecule has 2 aromatic carbocycles. The molecule has 0 saturated carbocycles. The minimum Gasteiger partial charge on any atom is -0.459 e. The first kappa shape index (κ1) is 18.4. The zero-order chi connectivity index (χ0) is 20.1. The number of hydrogen-bond acceptors (Lipinski definition) is 3. The lowest BCUT2D eigenvalue weighted by atomic mass is 9.93. The lowest BCUT2D eigenvalue weighted by Crippen LogP contribution is -2.34. The van der Waals surface area contributed by atoms with E-state index in [1.165, 1.54) is 0 Å². The van der Waals surface area contributed by atoms with Gasteiger partial charge in [0.25, 0.3) is 0 Å². The Labute approximate surface area is 166 Å². The second-order valence-electron chi connectivity index (χ2n) is 8.22. The van der Waals surface area contributed by atoms with Crippen LogP contribution in [0.15, 0.2) is 54.7 Å². The standard InChI is InChI=1S/C23H23BN2O2/c1-14-11-18-17-12-15(24)9-10-19(17)25-22(18)16-7-5-6-8-20(16)26(14)13-21(27)28-23(2,3)4/h5-10,12,25H,1,11,13H2,2-4H3. The van der Waals surface area contributed by atoms with Crippen LogP contribution in [0.3, 0.4) is 0 Å². The van der Waals surface area contributed by atoms with E-state index in [2.05, 4.69) is 17.6 Å². The van der Waals surface area contributed by atoms with Crippen molar-refractivity contribution in [3.8, 4) is 11.3 Å². The van der Waals surface area contributed by atoms with E-state index in [4.69, 9.17) is 12.6 Å². The van der Waals surface area contributed by atoms with Gasteiger partial charge in [0.2, 0.25) is 0 Å². The largest absolute Gasteiger partial charge is 0.459 e. The number of ether oxygens (including phenoxy) is 1. The normalized spacial score (nSPS) is 13.8. The number of para-hydroxylation sites is 1. The molecule has 0 aliphatic carbocycles. The highest BCUT2D eigenvalue weighted by atomic mass is 16.6. The molecule has 0 unspecified atom stereocenters. The minimum absolute atomic E-state index is 0.122. The molecule has 2 radical (unpaired) electrons. The van der Waals surface area contributed by atoms with Crippen molar-refractivity contribution in [2.24, 2.45) is 0 Å². The summed E-state index contributed by atoms with van der Waals surface area (Å²) in [5.74, 6) is -0.275. The molecule has 1 aromatic heterocycles. The third-order valence-electron chi connectivity index (χ3n) is 4.86. The summed E-state index contributed by atoms with van der Waals surface area (Å²) in [4.78, 5) is 18.0. The van der Waals surface area contributed by atoms with E-state index in [0.29, 0.717) is 6.42 Å². The molecular weight excluding hydrogens is 347 g/mol. The third-order valence-corrected chi connectivity index (χ3v) is 4.86.